The molecule has 4 aliphatic rings. The number of allylic oxidation sites excluding steroid dienone is 2. The highest BCUT2D eigenvalue weighted by Crippen LogP contribution is 2.66. The van der Waals surface area contributed by atoms with Gasteiger partial charge in [-0.1, -0.05) is 196 Å². The molecule has 0 aliphatic heterocycles. The Bertz CT molecular complexity index is 3060. The summed E-state index contributed by atoms with van der Waals surface area (Å²) < 4.78 is 0. The number of benzene rings is 8. The van der Waals surface area contributed by atoms with Crippen molar-refractivity contribution in [3.63, 3.8) is 0 Å². The summed E-state index contributed by atoms with van der Waals surface area (Å²) in [6.45, 7) is 4.79. The highest BCUT2D eigenvalue weighted by atomic mass is 15.2. The second-order valence-electron chi connectivity index (χ2n) is 17.1. The third-order valence-corrected chi connectivity index (χ3v) is 13.8. The molecule has 2 unspecified atom stereocenters. The van der Waals surface area contributed by atoms with Crippen molar-refractivity contribution >= 4 is 16.9 Å². The van der Waals surface area contributed by atoms with Crippen molar-refractivity contribution in [2.75, 3.05) is 4.90 Å². The predicted molar refractivity (Wildman–Crippen MR) is 246 cm³/mol. The molecule has 280 valence electrons. The van der Waals surface area contributed by atoms with E-state index in [0.29, 0.717) is 0 Å². The monoisotopic (exact) mass is 753 g/mol. The van der Waals surface area contributed by atoms with Gasteiger partial charge >= 0.3 is 0 Å². The maximum absolute atomic E-state index is 2.69. The average molecular weight is 754 g/mol. The summed E-state index contributed by atoms with van der Waals surface area (Å²) in [5.74, 6) is 0. The zero-order chi connectivity index (χ0) is 39.3. The van der Waals surface area contributed by atoms with E-state index in [0.717, 1.165) is 6.42 Å². The van der Waals surface area contributed by atoms with Gasteiger partial charge in [0.25, 0.3) is 0 Å². The molecule has 0 amide bonds. The minimum Gasteiger partial charge on any atom is -0.334 e. The summed E-state index contributed by atoms with van der Waals surface area (Å²) in [7, 11) is 0. The van der Waals surface area contributed by atoms with Gasteiger partial charge in [0.15, 0.2) is 0 Å². The number of rotatable bonds is 5. The SMILES string of the molecule is CC1(C)c2ccccc2-c2ccc(N(c3cccc(-c4ccccc4)c3)C3CC=CC4=C3C3(c5ccccc54)c4ccccc4-c4c(-c5ccccc5)cccc43)cc21. The van der Waals surface area contributed by atoms with E-state index >= 15 is 0 Å². The van der Waals surface area contributed by atoms with Crippen molar-refractivity contribution in [1.29, 1.82) is 0 Å². The molecule has 0 radical (unpaired) electrons. The molecule has 0 saturated heterocycles. The zero-order valence-corrected chi connectivity index (χ0v) is 33.4. The minimum atomic E-state index is -0.487. The molecule has 1 nitrogen and oxygen atoms in total. The fourth-order valence-electron chi connectivity index (χ4n) is 11.4. The molecule has 0 bridgehead atoms. The highest BCUT2D eigenvalue weighted by Gasteiger charge is 2.56. The van der Waals surface area contributed by atoms with Crippen LogP contribution in [0, 0.1) is 0 Å². The van der Waals surface area contributed by atoms with Crippen LogP contribution in [0.3, 0.4) is 0 Å². The van der Waals surface area contributed by atoms with Gasteiger partial charge in [-0.2, -0.15) is 0 Å². The largest absolute Gasteiger partial charge is 0.334 e. The summed E-state index contributed by atoms with van der Waals surface area (Å²) in [6, 6.07) is 72.9. The van der Waals surface area contributed by atoms with Gasteiger partial charge in [0.2, 0.25) is 0 Å². The van der Waals surface area contributed by atoms with E-state index in [1.54, 1.807) is 0 Å². The van der Waals surface area contributed by atoms with Crippen molar-refractivity contribution in [3.05, 3.63) is 245 Å². The minimum absolute atomic E-state index is 0.0118. The molecule has 2 atom stereocenters. The molecule has 59 heavy (non-hydrogen) atoms. The molecule has 0 N–H and O–H groups in total. The van der Waals surface area contributed by atoms with Gasteiger partial charge in [-0.25, -0.2) is 0 Å². The molecular weight excluding hydrogens is 711 g/mol. The molecule has 4 aliphatic carbocycles. The lowest BCUT2D eigenvalue weighted by atomic mass is 9.66. The van der Waals surface area contributed by atoms with Crippen LogP contribution in [0.1, 0.15) is 53.6 Å². The summed E-state index contributed by atoms with van der Waals surface area (Å²) in [5, 5.41) is 0. The van der Waals surface area contributed by atoms with Crippen LogP contribution in [0.5, 0.6) is 0 Å². The Morgan fingerprint density at radius 2 is 0.983 bits per heavy atom. The number of hydrogen-bond acceptors (Lipinski definition) is 1. The van der Waals surface area contributed by atoms with E-state index < -0.39 is 5.41 Å². The van der Waals surface area contributed by atoms with Crippen LogP contribution in [0.2, 0.25) is 0 Å². The van der Waals surface area contributed by atoms with Crippen LogP contribution < -0.4 is 4.90 Å². The maximum Gasteiger partial charge on any atom is 0.0708 e. The van der Waals surface area contributed by atoms with Gasteiger partial charge < -0.3 is 4.90 Å². The molecule has 0 heterocycles. The number of anilines is 2. The summed E-state index contributed by atoms with van der Waals surface area (Å²) in [4.78, 5) is 2.69. The van der Waals surface area contributed by atoms with E-state index in [4.69, 9.17) is 0 Å². The van der Waals surface area contributed by atoms with Gasteiger partial charge in [-0.05, 0) is 120 Å². The van der Waals surface area contributed by atoms with Gasteiger partial charge in [-0.3, -0.25) is 0 Å². The van der Waals surface area contributed by atoms with Crippen molar-refractivity contribution in [2.24, 2.45) is 0 Å². The van der Waals surface area contributed by atoms with Crippen LogP contribution in [0.25, 0.3) is 50.1 Å². The molecule has 8 aromatic rings. The van der Waals surface area contributed by atoms with Gasteiger partial charge in [-0.15, -0.1) is 0 Å². The average Bonchev–Trinajstić information content (AvgIpc) is 3.86. The number of fused-ring (bicyclic) bond motifs is 12. The van der Waals surface area contributed by atoms with Crippen molar-refractivity contribution in [2.45, 2.75) is 37.1 Å². The van der Waals surface area contributed by atoms with Crippen molar-refractivity contribution in [3.8, 4) is 44.5 Å². The molecule has 1 heteroatoms. The predicted octanol–water partition coefficient (Wildman–Crippen LogP) is 14.6. The van der Waals surface area contributed by atoms with Crippen LogP contribution in [0.15, 0.2) is 212 Å². The fraction of sp³-hybridized carbons (Fsp3) is 0.103. The van der Waals surface area contributed by atoms with Crippen LogP contribution in [-0.2, 0) is 10.8 Å². The Kier molecular flexibility index (Phi) is 7.38. The lowest BCUT2D eigenvalue weighted by molar-refractivity contribution is 0.632. The molecule has 0 saturated carbocycles. The lowest BCUT2D eigenvalue weighted by Crippen LogP contribution is -2.42. The normalized spacial score (nSPS) is 18.5. The van der Waals surface area contributed by atoms with Crippen molar-refractivity contribution in [1.82, 2.24) is 0 Å². The highest BCUT2D eigenvalue weighted by molar-refractivity contribution is 6.02. The first-order chi connectivity index (χ1) is 29.0. The fourth-order valence-corrected chi connectivity index (χ4v) is 11.4. The van der Waals surface area contributed by atoms with E-state index in [2.05, 4.69) is 225 Å². The van der Waals surface area contributed by atoms with Gasteiger partial charge in [0.1, 0.15) is 0 Å². The van der Waals surface area contributed by atoms with E-state index in [9.17, 15) is 0 Å². The van der Waals surface area contributed by atoms with E-state index in [1.165, 1.54) is 100 Å². The third kappa shape index (κ3) is 4.73. The second kappa shape index (κ2) is 12.8. The first-order valence-electron chi connectivity index (χ1n) is 21.0. The topological polar surface area (TPSA) is 3.24 Å². The van der Waals surface area contributed by atoms with Crippen molar-refractivity contribution < 1.29 is 0 Å². The second-order valence-corrected chi connectivity index (χ2v) is 17.1. The Labute approximate surface area is 347 Å². The Morgan fingerprint density at radius 3 is 1.76 bits per heavy atom. The molecular formula is C58H43N. The number of nitrogens with zero attached hydrogens (tertiary/aromatic N) is 1. The first-order valence-corrected chi connectivity index (χ1v) is 21.0. The number of hydrogen-bond donors (Lipinski definition) is 0. The van der Waals surface area contributed by atoms with Crippen LogP contribution in [-0.4, -0.2) is 6.04 Å². The Balaban J connectivity index is 1.14. The quantitative estimate of drug-likeness (QED) is 0.169. The third-order valence-electron chi connectivity index (χ3n) is 13.8. The maximum atomic E-state index is 2.69. The Morgan fingerprint density at radius 1 is 0.424 bits per heavy atom. The Hall–Kier alpha value is -6.96. The molecule has 1 spiro atoms. The van der Waals surface area contributed by atoms with E-state index in [-0.39, 0.29) is 11.5 Å². The molecule has 0 fully saturated rings. The smallest absolute Gasteiger partial charge is 0.0708 e. The lowest BCUT2D eigenvalue weighted by Gasteiger charge is -2.43. The summed E-state index contributed by atoms with van der Waals surface area (Å²) >= 11 is 0. The van der Waals surface area contributed by atoms with E-state index in [1.807, 2.05) is 0 Å². The van der Waals surface area contributed by atoms with Crippen LogP contribution in [0.4, 0.5) is 11.4 Å². The standard InChI is InChI=1S/C58H43N/c1-57(2)49-29-12-9-24-44(49)46-35-34-42(37-53(46)57)59(41-23-15-22-40(36-41)38-18-5-3-6-19-38)54-33-17-28-47-45-25-10-13-30-50(45)58(56(47)54)51-31-14-11-26-48(51)55-43(27-16-32-52(55)58)39-20-7-4-8-21-39/h3-32,34-37,54H,33H2,1-2H3. The summed E-state index contributed by atoms with van der Waals surface area (Å²) in [6.07, 6.45) is 5.74. The first kappa shape index (κ1) is 34.1. The van der Waals surface area contributed by atoms with Crippen LogP contribution >= 0.6 is 0 Å². The summed E-state index contributed by atoms with van der Waals surface area (Å²) in [5.41, 5.74) is 23.2. The molecule has 12 rings (SSSR count). The zero-order valence-electron chi connectivity index (χ0n) is 33.4. The molecule has 0 aromatic heterocycles. The van der Waals surface area contributed by atoms with Gasteiger partial charge in [0.05, 0.1) is 11.5 Å². The molecule has 8 aromatic carbocycles. The van der Waals surface area contributed by atoms with Gasteiger partial charge in [0, 0.05) is 16.8 Å².